The number of anilines is 1. The minimum atomic E-state index is -1.16. The van der Waals surface area contributed by atoms with Gasteiger partial charge >= 0.3 is 5.97 Å². The number of nitrogens with zero attached hydrogens (tertiary/aromatic N) is 1. The van der Waals surface area contributed by atoms with E-state index in [1.54, 1.807) is 30.1 Å². The molecule has 1 amide bonds. The second kappa shape index (κ2) is 5.27. The van der Waals surface area contributed by atoms with E-state index in [1.807, 2.05) is 0 Å². The third kappa shape index (κ3) is 2.85. The maximum Gasteiger partial charge on any atom is 0.328 e. The number of fused-ring (bicyclic) bond motifs is 1. The molecule has 0 radical (unpaired) electrons. The Morgan fingerprint density at radius 2 is 2.11 bits per heavy atom. The number of carboxylic acids is 1. The summed E-state index contributed by atoms with van der Waals surface area (Å²) < 4.78 is 0. The molecule has 0 bridgehead atoms. The van der Waals surface area contributed by atoms with Gasteiger partial charge in [-0.05, 0) is 24.3 Å². The van der Waals surface area contributed by atoms with Gasteiger partial charge in [0.15, 0.2) is 5.78 Å². The Hall–Kier alpha value is -2.08. The van der Waals surface area contributed by atoms with Gasteiger partial charge in [0.1, 0.15) is 0 Å². The Bertz CT molecular complexity index is 594. The number of carbonyl (C=O) groups is 3. The first-order chi connectivity index (χ1) is 8.99. The predicted molar refractivity (Wildman–Crippen MR) is 71.7 cm³/mol. The van der Waals surface area contributed by atoms with Crippen molar-refractivity contribution >= 4 is 35.1 Å². The van der Waals surface area contributed by atoms with Crippen LogP contribution >= 0.6 is 11.8 Å². The normalized spacial score (nSPS) is 14.6. The van der Waals surface area contributed by atoms with Gasteiger partial charge in [0, 0.05) is 23.6 Å². The number of carboxylic acid groups (broad SMARTS) is 1. The molecule has 1 aliphatic heterocycles. The molecule has 0 atom stereocenters. The average Bonchev–Trinajstić information content (AvgIpc) is 2.40. The van der Waals surface area contributed by atoms with E-state index in [4.69, 9.17) is 5.11 Å². The molecule has 19 heavy (non-hydrogen) atoms. The van der Waals surface area contributed by atoms with Gasteiger partial charge in [-0.15, -0.1) is 11.8 Å². The van der Waals surface area contributed by atoms with Crippen molar-refractivity contribution in [1.29, 1.82) is 0 Å². The molecule has 5 nitrogen and oxygen atoms in total. The zero-order valence-corrected chi connectivity index (χ0v) is 10.9. The summed E-state index contributed by atoms with van der Waals surface area (Å²) in [7, 11) is 1.69. The van der Waals surface area contributed by atoms with Crippen molar-refractivity contribution < 1.29 is 19.5 Å². The fourth-order valence-electron chi connectivity index (χ4n) is 1.67. The number of allylic oxidation sites excluding steroid dienone is 1. The van der Waals surface area contributed by atoms with E-state index in [2.05, 4.69) is 0 Å². The van der Waals surface area contributed by atoms with E-state index in [9.17, 15) is 14.4 Å². The number of amides is 1. The molecule has 0 fully saturated rings. The molecule has 1 aromatic carbocycles. The van der Waals surface area contributed by atoms with Crippen LogP contribution in [0, 0.1) is 0 Å². The van der Waals surface area contributed by atoms with E-state index < -0.39 is 5.97 Å². The zero-order chi connectivity index (χ0) is 14.0. The van der Waals surface area contributed by atoms with Gasteiger partial charge in [0.2, 0.25) is 5.91 Å². The molecule has 0 aliphatic carbocycles. The van der Waals surface area contributed by atoms with Crippen molar-refractivity contribution in [2.75, 3.05) is 17.7 Å². The van der Waals surface area contributed by atoms with E-state index in [0.29, 0.717) is 11.3 Å². The highest BCUT2D eigenvalue weighted by molar-refractivity contribution is 8.00. The fourth-order valence-corrected chi connectivity index (χ4v) is 2.71. The topological polar surface area (TPSA) is 74.7 Å². The third-order valence-electron chi connectivity index (χ3n) is 2.71. The fraction of sp³-hybridized carbons (Fsp3) is 0.154. The summed E-state index contributed by atoms with van der Waals surface area (Å²) in [6.45, 7) is 0. The number of aliphatic carboxylic acids is 1. The number of carbonyl (C=O) groups excluding carboxylic acids is 2. The van der Waals surface area contributed by atoms with Gasteiger partial charge in [-0.2, -0.15) is 0 Å². The highest BCUT2D eigenvalue weighted by Crippen LogP contribution is 2.35. The van der Waals surface area contributed by atoms with Crippen LogP contribution in [0.2, 0.25) is 0 Å². The number of hydrogen-bond acceptors (Lipinski definition) is 4. The Labute approximate surface area is 113 Å². The number of thioether (sulfide) groups is 1. The lowest BCUT2D eigenvalue weighted by atomic mass is 10.1. The number of hydrogen-bond donors (Lipinski definition) is 1. The molecule has 1 aromatic rings. The molecule has 1 heterocycles. The van der Waals surface area contributed by atoms with Gasteiger partial charge in [-0.25, -0.2) is 4.79 Å². The van der Waals surface area contributed by atoms with Crippen LogP contribution in [-0.2, 0) is 9.59 Å². The summed E-state index contributed by atoms with van der Waals surface area (Å²) in [4.78, 5) is 36.0. The van der Waals surface area contributed by atoms with Gasteiger partial charge in [-0.1, -0.05) is 0 Å². The molecule has 0 spiro atoms. The van der Waals surface area contributed by atoms with Crippen LogP contribution in [-0.4, -0.2) is 35.6 Å². The lowest BCUT2D eigenvalue weighted by Gasteiger charge is -2.25. The summed E-state index contributed by atoms with van der Waals surface area (Å²) in [5.41, 5.74) is 1.17. The van der Waals surface area contributed by atoms with Crippen molar-refractivity contribution in [3.8, 4) is 0 Å². The minimum absolute atomic E-state index is 0.0161. The Balaban J connectivity index is 2.29. The SMILES string of the molecule is CN1C(=O)CSc2cc(C(=O)/C=C/C(=O)O)ccc21. The van der Waals surface area contributed by atoms with Crippen molar-refractivity contribution in [2.24, 2.45) is 0 Å². The molecule has 1 N–H and O–H groups in total. The number of benzene rings is 1. The van der Waals surface area contributed by atoms with Crippen LogP contribution in [0.15, 0.2) is 35.2 Å². The Morgan fingerprint density at radius 1 is 1.37 bits per heavy atom. The van der Waals surface area contributed by atoms with Crippen LogP contribution in [0.5, 0.6) is 0 Å². The lowest BCUT2D eigenvalue weighted by Crippen LogP contribution is -2.31. The molecule has 2 rings (SSSR count). The van der Waals surface area contributed by atoms with E-state index >= 15 is 0 Å². The quantitative estimate of drug-likeness (QED) is 0.670. The smallest absolute Gasteiger partial charge is 0.328 e. The Kier molecular flexibility index (Phi) is 3.71. The van der Waals surface area contributed by atoms with Crippen LogP contribution in [0.3, 0.4) is 0 Å². The lowest BCUT2D eigenvalue weighted by molar-refractivity contribution is -0.131. The van der Waals surface area contributed by atoms with Gasteiger partial charge in [0.25, 0.3) is 0 Å². The minimum Gasteiger partial charge on any atom is -0.478 e. The van der Waals surface area contributed by atoms with Crippen molar-refractivity contribution in [1.82, 2.24) is 0 Å². The van der Waals surface area contributed by atoms with Crippen molar-refractivity contribution in [3.05, 3.63) is 35.9 Å². The average molecular weight is 277 g/mol. The summed E-state index contributed by atoms with van der Waals surface area (Å²) in [6, 6.07) is 4.96. The standard InChI is InChI=1S/C13H11NO4S/c1-14-9-3-2-8(10(15)4-5-13(17)18)6-11(9)19-7-12(14)16/h2-6H,7H2,1H3,(H,17,18)/b5-4+. The summed E-state index contributed by atoms with van der Waals surface area (Å²) in [5, 5.41) is 8.48. The van der Waals surface area contributed by atoms with Crippen LogP contribution in [0.4, 0.5) is 5.69 Å². The second-order valence-corrected chi connectivity index (χ2v) is 4.98. The van der Waals surface area contributed by atoms with Crippen molar-refractivity contribution in [3.63, 3.8) is 0 Å². The molecular formula is C13H11NO4S. The van der Waals surface area contributed by atoms with Crippen LogP contribution in [0.1, 0.15) is 10.4 Å². The molecule has 0 saturated carbocycles. The zero-order valence-electron chi connectivity index (χ0n) is 10.1. The summed E-state index contributed by atoms with van der Waals surface area (Å²) in [5.74, 6) is -1.18. The molecule has 1 aliphatic rings. The van der Waals surface area contributed by atoms with E-state index in [-0.39, 0.29) is 11.7 Å². The number of ketones is 1. The molecular weight excluding hydrogens is 266 g/mol. The first-order valence-electron chi connectivity index (χ1n) is 5.48. The molecule has 0 aromatic heterocycles. The second-order valence-electron chi connectivity index (χ2n) is 3.96. The van der Waals surface area contributed by atoms with Gasteiger partial charge in [-0.3, -0.25) is 9.59 Å². The summed E-state index contributed by atoms with van der Waals surface area (Å²) in [6.07, 6.45) is 1.83. The first-order valence-corrected chi connectivity index (χ1v) is 6.46. The highest BCUT2D eigenvalue weighted by atomic mass is 32.2. The molecule has 98 valence electrons. The maximum atomic E-state index is 11.7. The third-order valence-corrected chi connectivity index (χ3v) is 3.74. The van der Waals surface area contributed by atoms with Crippen LogP contribution < -0.4 is 4.90 Å². The molecule has 0 unspecified atom stereocenters. The first kappa shape index (κ1) is 13.4. The highest BCUT2D eigenvalue weighted by Gasteiger charge is 2.22. The van der Waals surface area contributed by atoms with E-state index in [0.717, 1.165) is 22.7 Å². The predicted octanol–water partition coefficient (Wildman–Crippen LogP) is 1.58. The van der Waals surface area contributed by atoms with Crippen molar-refractivity contribution in [2.45, 2.75) is 4.90 Å². The van der Waals surface area contributed by atoms with E-state index in [1.165, 1.54) is 11.8 Å². The summed E-state index contributed by atoms with van der Waals surface area (Å²) >= 11 is 1.37. The van der Waals surface area contributed by atoms with Crippen LogP contribution in [0.25, 0.3) is 0 Å². The van der Waals surface area contributed by atoms with Gasteiger partial charge < -0.3 is 10.0 Å². The Morgan fingerprint density at radius 3 is 2.79 bits per heavy atom. The largest absolute Gasteiger partial charge is 0.478 e. The molecule has 6 heteroatoms. The molecule has 0 saturated heterocycles. The maximum absolute atomic E-state index is 11.7. The monoisotopic (exact) mass is 277 g/mol. The number of rotatable bonds is 3. The van der Waals surface area contributed by atoms with Gasteiger partial charge in [0.05, 0.1) is 11.4 Å².